The average Bonchev–Trinajstić information content (AvgIpc) is 3.41. The molecule has 1 aromatic rings. The summed E-state index contributed by atoms with van der Waals surface area (Å²) in [6.07, 6.45) is 5.98. The molecule has 4 rings (SSSR count). The van der Waals surface area contributed by atoms with Crippen molar-refractivity contribution in [3.05, 3.63) is 29.8 Å². The summed E-state index contributed by atoms with van der Waals surface area (Å²) in [6.45, 7) is 7.11. The molecule has 0 bridgehead atoms. The van der Waals surface area contributed by atoms with Crippen LogP contribution in [0.15, 0.2) is 24.3 Å². The molecule has 0 unspecified atom stereocenters. The molecule has 3 saturated heterocycles. The molecule has 160 valence electrons. The van der Waals surface area contributed by atoms with E-state index in [0.29, 0.717) is 19.8 Å². The minimum Gasteiger partial charge on any atom is -0.494 e. The summed E-state index contributed by atoms with van der Waals surface area (Å²) < 4.78 is 17.4. The quantitative estimate of drug-likeness (QED) is 0.760. The molecule has 0 aliphatic carbocycles. The summed E-state index contributed by atoms with van der Waals surface area (Å²) in [5.41, 5.74) is 1.33. The van der Waals surface area contributed by atoms with Crippen LogP contribution in [-0.2, 0) is 20.8 Å². The van der Waals surface area contributed by atoms with Crippen LogP contribution in [-0.4, -0.2) is 61.5 Å². The molecule has 6 heteroatoms. The minimum atomic E-state index is -0.254. The van der Waals surface area contributed by atoms with Gasteiger partial charge in [0.2, 0.25) is 5.91 Å². The van der Waals surface area contributed by atoms with Crippen molar-refractivity contribution in [2.45, 2.75) is 69.8 Å². The van der Waals surface area contributed by atoms with Crippen molar-refractivity contribution in [2.75, 3.05) is 32.8 Å². The highest BCUT2D eigenvalue weighted by molar-refractivity contribution is 5.80. The van der Waals surface area contributed by atoms with Crippen LogP contribution in [0.4, 0.5) is 0 Å². The maximum Gasteiger partial charge on any atom is 0.249 e. The number of hydrogen-bond acceptors (Lipinski definition) is 5. The maximum absolute atomic E-state index is 12.1. The maximum atomic E-state index is 12.1. The van der Waals surface area contributed by atoms with Gasteiger partial charge in [-0.15, -0.1) is 0 Å². The van der Waals surface area contributed by atoms with Crippen LogP contribution in [0.5, 0.6) is 5.75 Å². The Morgan fingerprint density at radius 2 is 2.00 bits per heavy atom. The first kappa shape index (κ1) is 20.6. The summed E-state index contributed by atoms with van der Waals surface area (Å²) in [6, 6.07) is 8.43. The van der Waals surface area contributed by atoms with Crippen molar-refractivity contribution in [1.29, 1.82) is 0 Å². The fourth-order valence-corrected chi connectivity index (χ4v) is 4.75. The standard InChI is InChI=1S/C23H34N2O4/c1-2-27-19-7-5-18(6-8-19)17-25-13-11-23(12-14-25)10-9-20(29-23)16-24-22(26)21-4-3-15-28-21/h5-8,20-21H,2-4,9-17H2,1H3,(H,24,26)/t20-,21+/m1/s1. The smallest absolute Gasteiger partial charge is 0.249 e. The van der Waals surface area contributed by atoms with Gasteiger partial charge in [-0.2, -0.15) is 0 Å². The first-order valence-electron chi connectivity index (χ1n) is 11.2. The molecule has 3 aliphatic rings. The topological polar surface area (TPSA) is 60.0 Å². The van der Waals surface area contributed by atoms with E-state index < -0.39 is 0 Å². The molecule has 0 radical (unpaired) electrons. The van der Waals surface area contributed by atoms with Crippen LogP contribution in [0.3, 0.4) is 0 Å². The van der Waals surface area contributed by atoms with Gasteiger partial charge >= 0.3 is 0 Å². The zero-order chi connectivity index (χ0) is 20.1. The summed E-state index contributed by atoms with van der Waals surface area (Å²) in [5, 5.41) is 3.03. The lowest BCUT2D eigenvalue weighted by atomic mass is 9.88. The van der Waals surface area contributed by atoms with Crippen molar-refractivity contribution < 1.29 is 19.0 Å². The SMILES string of the molecule is CCOc1ccc(CN2CCC3(CC[C@H](CNC(=O)[C@@H]4CCCO4)O3)CC2)cc1. The molecule has 3 aliphatic heterocycles. The molecule has 1 amide bonds. The molecule has 29 heavy (non-hydrogen) atoms. The second kappa shape index (κ2) is 9.45. The summed E-state index contributed by atoms with van der Waals surface area (Å²) in [4.78, 5) is 14.6. The lowest BCUT2D eigenvalue weighted by molar-refractivity contribution is -0.131. The second-order valence-corrected chi connectivity index (χ2v) is 8.56. The normalized spacial score (nSPS) is 26.7. The molecule has 1 spiro atoms. The minimum absolute atomic E-state index is 0.00851. The monoisotopic (exact) mass is 402 g/mol. The number of piperidine rings is 1. The zero-order valence-electron chi connectivity index (χ0n) is 17.5. The third kappa shape index (κ3) is 5.30. The summed E-state index contributed by atoms with van der Waals surface area (Å²) >= 11 is 0. The largest absolute Gasteiger partial charge is 0.494 e. The predicted octanol–water partition coefficient (Wildman–Crippen LogP) is 2.89. The summed E-state index contributed by atoms with van der Waals surface area (Å²) in [5.74, 6) is 0.961. The van der Waals surface area contributed by atoms with E-state index in [9.17, 15) is 4.79 Å². The Morgan fingerprint density at radius 3 is 2.69 bits per heavy atom. The number of carbonyl (C=O) groups is 1. The first-order valence-corrected chi connectivity index (χ1v) is 11.2. The van der Waals surface area contributed by atoms with Gasteiger partial charge in [0.25, 0.3) is 0 Å². The number of nitrogens with one attached hydrogen (secondary N) is 1. The lowest BCUT2D eigenvalue weighted by Crippen LogP contribution is -2.45. The van der Waals surface area contributed by atoms with E-state index in [4.69, 9.17) is 14.2 Å². The van der Waals surface area contributed by atoms with Crippen molar-refractivity contribution in [3.63, 3.8) is 0 Å². The van der Waals surface area contributed by atoms with Crippen LogP contribution in [0.1, 0.15) is 51.0 Å². The van der Waals surface area contributed by atoms with Crippen LogP contribution in [0.2, 0.25) is 0 Å². The Morgan fingerprint density at radius 1 is 1.21 bits per heavy atom. The Labute approximate surface area is 173 Å². The number of ether oxygens (including phenoxy) is 3. The Bertz CT molecular complexity index is 664. The van der Waals surface area contributed by atoms with Gasteiger partial charge in [0.1, 0.15) is 11.9 Å². The molecular weight excluding hydrogens is 368 g/mol. The lowest BCUT2D eigenvalue weighted by Gasteiger charge is -2.39. The van der Waals surface area contributed by atoms with Gasteiger partial charge in [0, 0.05) is 32.8 Å². The molecule has 1 aromatic carbocycles. The summed E-state index contributed by atoms with van der Waals surface area (Å²) in [7, 11) is 0. The number of nitrogens with zero attached hydrogens (tertiary/aromatic N) is 1. The van der Waals surface area contributed by atoms with Gasteiger partial charge < -0.3 is 19.5 Å². The fourth-order valence-electron chi connectivity index (χ4n) is 4.75. The highest BCUT2D eigenvalue weighted by Gasteiger charge is 2.42. The highest BCUT2D eigenvalue weighted by atomic mass is 16.5. The highest BCUT2D eigenvalue weighted by Crippen LogP contribution is 2.39. The van der Waals surface area contributed by atoms with E-state index in [1.165, 1.54) is 5.56 Å². The van der Waals surface area contributed by atoms with Crippen LogP contribution >= 0.6 is 0 Å². The van der Waals surface area contributed by atoms with Gasteiger partial charge in [0.15, 0.2) is 0 Å². The molecule has 3 fully saturated rings. The Kier molecular flexibility index (Phi) is 6.73. The van der Waals surface area contributed by atoms with E-state index in [2.05, 4.69) is 34.5 Å². The molecule has 0 saturated carbocycles. The average molecular weight is 403 g/mol. The van der Waals surface area contributed by atoms with Crippen LogP contribution in [0.25, 0.3) is 0 Å². The van der Waals surface area contributed by atoms with Gasteiger partial charge in [-0.05, 0) is 63.1 Å². The molecular formula is C23H34N2O4. The van der Waals surface area contributed by atoms with Crippen LogP contribution in [0, 0.1) is 0 Å². The molecule has 0 aromatic heterocycles. The van der Waals surface area contributed by atoms with Crippen molar-refractivity contribution in [2.24, 2.45) is 0 Å². The third-order valence-corrected chi connectivity index (χ3v) is 6.47. The van der Waals surface area contributed by atoms with Gasteiger partial charge in [0.05, 0.1) is 18.3 Å². The van der Waals surface area contributed by atoms with Gasteiger partial charge in [-0.1, -0.05) is 12.1 Å². The second-order valence-electron chi connectivity index (χ2n) is 8.56. The molecule has 3 heterocycles. The molecule has 2 atom stereocenters. The number of likely N-dealkylation sites (tertiary alicyclic amines) is 1. The predicted molar refractivity (Wildman–Crippen MR) is 111 cm³/mol. The zero-order valence-corrected chi connectivity index (χ0v) is 17.5. The number of hydrogen-bond donors (Lipinski definition) is 1. The number of benzene rings is 1. The Balaban J connectivity index is 1.19. The number of amides is 1. The van der Waals surface area contributed by atoms with Crippen LogP contribution < -0.4 is 10.1 Å². The van der Waals surface area contributed by atoms with Gasteiger partial charge in [-0.3, -0.25) is 9.69 Å². The van der Waals surface area contributed by atoms with Gasteiger partial charge in [-0.25, -0.2) is 0 Å². The van der Waals surface area contributed by atoms with E-state index in [1.807, 2.05) is 6.92 Å². The number of rotatable bonds is 7. The van der Waals surface area contributed by atoms with Crippen molar-refractivity contribution in [1.82, 2.24) is 10.2 Å². The van der Waals surface area contributed by atoms with E-state index in [1.54, 1.807) is 0 Å². The fraction of sp³-hybridized carbons (Fsp3) is 0.696. The van der Waals surface area contributed by atoms with Crippen molar-refractivity contribution in [3.8, 4) is 5.75 Å². The first-order chi connectivity index (χ1) is 14.2. The van der Waals surface area contributed by atoms with E-state index >= 15 is 0 Å². The molecule has 1 N–H and O–H groups in total. The van der Waals surface area contributed by atoms with E-state index in [-0.39, 0.29) is 23.7 Å². The third-order valence-electron chi connectivity index (χ3n) is 6.47. The van der Waals surface area contributed by atoms with E-state index in [0.717, 1.165) is 63.9 Å². The molecule has 6 nitrogen and oxygen atoms in total. The number of carbonyl (C=O) groups excluding carboxylic acids is 1. The van der Waals surface area contributed by atoms with Crippen molar-refractivity contribution >= 4 is 5.91 Å². The Hall–Kier alpha value is -1.63.